The molecule has 0 aliphatic rings. The van der Waals surface area contributed by atoms with Crippen molar-refractivity contribution in [2.45, 2.75) is 6.92 Å². The average molecular weight is 476 g/mol. The van der Waals surface area contributed by atoms with Crippen molar-refractivity contribution in [1.82, 2.24) is 23.9 Å². The molecule has 3 heterocycles. The molecule has 0 amide bonds. The van der Waals surface area contributed by atoms with Crippen molar-refractivity contribution >= 4 is 38.0 Å². The lowest BCUT2D eigenvalue weighted by molar-refractivity contribution is 0.708. The van der Waals surface area contributed by atoms with Crippen molar-refractivity contribution in [1.29, 1.82) is 0 Å². The molecule has 3 aromatic heterocycles. The number of rotatable bonds is 2. The third-order valence-electron chi connectivity index (χ3n) is 5.50. The molecule has 0 saturated heterocycles. The molecule has 31 heavy (non-hydrogen) atoms. The highest BCUT2D eigenvalue weighted by Gasteiger charge is 2.23. The van der Waals surface area contributed by atoms with Gasteiger partial charge >= 0.3 is 5.69 Å². The zero-order chi connectivity index (χ0) is 21.9. The smallest absolute Gasteiger partial charge is 0.280 e. The minimum absolute atomic E-state index is 0.327. The van der Waals surface area contributed by atoms with Gasteiger partial charge in [0.15, 0.2) is 11.3 Å². The predicted molar refractivity (Wildman–Crippen MR) is 125 cm³/mol. The molecule has 0 atom stereocenters. The molecule has 0 unspecified atom stereocenters. The Bertz CT molecular complexity index is 1610. The monoisotopic (exact) mass is 475 g/mol. The van der Waals surface area contributed by atoms with Crippen LogP contribution in [0.3, 0.4) is 0 Å². The van der Waals surface area contributed by atoms with Crippen LogP contribution in [0.2, 0.25) is 0 Å². The van der Waals surface area contributed by atoms with E-state index in [-0.39, 0.29) is 5.56 Å². The van der Waals surface area contributed by atoms with Crippen molar-refractivity contribution < 1.29 is 0 Å². The Balaban J connectivity index is 2.08. The van der Waals surface area contributed by atoms with E-state index in [1.54, 1.807) is 11.7 Å². The molecular formula is C23H18BrN5O2. The summed E-state index contributed by atoms with van der Waals surface area (Å²) >= 11 is 3.53. The number of halogens is 1. The van der Waals surface area contributed by atoms with Gasteiger partial charge in [-0.2, -0.15) is 5.10 Å². The van der Waals surface area contributed by atoms with Gasteiger partial charge in [-0.05, 0) is 36.8 Å². The van der Waals surface area contributed by atoms with E-state index in [9.17, 15) is 9.59 Å². The molecule has 0 N–H and O–H groups in total. The number of aryl methyl sites for hydroxylation is 2. The Morgan fingerprint density at radius 1 is 0.871 bits per heavy atom. The number of hydrogen-bond donors (Lipinski definition) is 0. The van der Waals surface area contributed by atoms with Gasteiger partial charge in [0.2, 0.25) is 0 Å². The van der Waals surface area contributed by atoms with E-state index in [1.165, 1.54) is 11.6 Å². The van der Waals surface area contributed by atoms with E-state index in [0.29, 0.717) is 16.7 Å². The first-order valence-electron chi connectivity index (χ1n) is 9.69. The van der Waals surface area contributed by atoms with Gasteiger partial charge in [0.1, 0.15) is 0 Å². The number of pyridine rings is 1. The quantitative estimate of drug-likeness (QED) is 0.390. The number of para-hydroxylation sites is 1. The normalized spacial score (nSPS) is 11.5. The summed E-state index contributed by atoms with van der Waals surface area (Å²) in [5, 5.41) is 5.92. The van der Waals surface area contributed by atoms with Gasteiger partial charge in [-0.15, -0.1) is 0 Å². The Labute approximate surface area is 185 Å². The van der Waals surface area contributed by atoms with Gasteiger partial charge in [0, 0.05) is 24.1 Å². The van der Waals surface area contributed by atoms with E-state index in [0.717, 1.165) is 36.9 Å². The number of nitrogens with zero attached hydrogens (tertiary/aromatic N) is 5. The summed E-state index contributed by atoms with van der Waals surface area (Å²) in [6, 6.07) is 17.4. The second-order valence-electron chi connectivity index (χ2n) is 7.43. The molecule has 0 bridgehead atoms. The fourth-order valence-electron chi connectivity index (χ4n) is 4.00. The third kappa shape index (κ3) is 2.86. The van der Waals surface area contributed by atoms with Gasteiger partial charge in [0.05, 0.1) is 22.2 Å². The number of hydrogen-bond acceptors (Lipinski definition) is 4. The van der Waals surface area contributed by atoms with Crippen molar-refractivity contribution in [3.05, 3.63) is 85.6 Å². The van der Waals surface area contributed by atoms with Crippen LogP contribution in [0.5, 0.6) is 0 Å². The molecule has 8 heteroatoms. The first-order chi connectivity index (χ1) is 14.9. The highest BCUT2D eigenvalue weighted by molar-refractivity contribution is 9.10. The van der Waals surface area contributed by atoms with Gasteiger partial charge in [-0.3, -0.25) is 13.9 Å². The Morgan fingerprint density at radius 3 is 2.32 bits per heavy atom. The molecule has 0 saturated carbocycles. The van der Waals surface area contributed by atoms with Crippen LogP contribution >= 0.6 is 15.9 Å². The summed E-state index contributed by atoms with van der Waals surface area (Å²) in [6.07, 6.45) is 0. The maximum absolute atomic E-state index is 13.3. The van der Waals surface area contributed by atoms with Crippen molar-refractivity contribution in [3.63, 3.8) is 0 Å². The zero-order valence-electron chi connectivity index (χ0n) is 17.1. The summed E-state index contributed by atoms with van der Waals surface area (Å²) in [5.74, 6) is 0. The Morgan fingerprint density at radius 2 is 1.61 bits per heavy atom. The van der Waals surface area contributed by atoms with Crippen LogP contribution in [0.1, 0.15) is 5.69 Å². The fourth-order valence-corrected chi connectivity index (χ4v) is 4.40. The molecule has 7 nitrogen and oxygen atoms in total. The number of aromatic nitrogens is 5. The fraction of sp³-hybridized carbons (Fsp3) is 0.130. The molecule has 0 aliphatic carbocycles. The van der Waals surface area contributed by atoms with Crippen LogP contribution in [-0.4, -0.2) is 23.9 Å². The van der Waals surface area contributed by atoms with E-state index < -0.39 is 5.69 Å². The van der Waals surface area contributed by atoms with E-state index >= 15 is 0 Å². The van der Waals surface area contributed by atoms with Crippen LogP contribution in [0.25, 0.3) is 38.9 Å². The van der Waals surface area contributed by atoms with Crippen LogP contribution in [0.15, 0.2) is 68.7 Å². The van der Waals surface area contributed by atoms with Crippen LogP contribution in [0.4, 0.5) is 0 Å². The van der Waals surface area contributed by atoms with E-state index in [1.807, 2.05) is 61.5 Å². The second kappa shape index (κ2) is 7.02. The highest BCUT2D eigenvalue weighted by atomic mass is 79.9. The standard InChI is InChI=1S/C23H18BrN5O2/c1-13-17-18(14-8-7-9-15(24)12-14)19-20(27(2)23(31)28(3)22(19)30)25-21(17)29(26-13)16-10-5-4-6-11-16/h4-12H,1-3H3. The zero-order valence-corrected chi connectivity index (χ0v) is 18.7. The van der Waals surface area contributed by atoms with E-state index in [2.05, 4.69) is 15.9 Å². The maximum Gasteiger partial charge on any atom is 0.332 e. The van der Waals surface area contributed by atoms with Gasteiger partial charge in [0.25, 0.3) is 5.56 Å². The number of fused-ring (bicyclic) bond motifs is 2. The maximum atomic E-state index is 13.3. The minimum atomic E-state index is -0.424. The summed E-state index contributed by atoms with van der Waals surface area (Å²) in [7, 11) is 3.11. The lowest BCUT2D eigenvalue weighted by Crippen LogP contribution is -2.37. The lowest BCUT2D eigenvalue weighted by atomic mass is 9.99. The third-order valence-corrected chi connectivity index (χ3v) is 5.99. The Kier molecular flexibility index (Phi) is 4.40. The first-order valence-corrected chi connectivity index (χ1v) is 10.5. The molecule has 0 fully saturated rings. The van der Waals surface area contributed by atoms with Gasteiger partial charge < -0.3 is 0 Å². The lowest BCUT2D eigenvalue weighted by Gasteiger charge is -2.13. The molecule has 2 aromatic carbocycles. The summed E-state index contributed by atoms with van der Waals surface area (Å²) < 4.78 is 5.18. The topological polar surface area (TPSA) is 74.7 Å². The molecule has 154 valence electrons. The first kappa shape index (κ1) is 19.4. The molecule has 0 aliphatic heterocycles. The van der Waals surface area contributed by atoms with Crippen molar-refractivity contribution in [3.8, 4) is 16.8 Å². The Hall–Kier alpha value is -3.52. The second-order valence-corrected chi connectivity index (χ2v) is 8.35. The van der Waals surface area contributed by atoms with Crippen LogP contribution < -0.4 is 11.2 Å². The summed E-state index contributed by atoms with van der Waals surface area (Å²) in [6.45, 7) is 1.91. The van der Waals surface area contributed by atoms with Crippen molar-refractivity contribution in [2.24, 2.45) is 14.1 Å². The number of benzene rings is 2. The minimum Gasteiger partial charge on any atom is -0.280 e. The molecule has 5 rings (SSSR count). The van der Waals surface area contributed by atoms with Crippen molar-refractivity contribution in [2.75, 3.05) is 0 Å². The average Bonchev–Trinajstić information content (AvgIpc) is 3.11. The van der Waals surface area contributed by atoms with Crippen LogP contribution in [0, 0.1) is 6.92 Å². The van der Waals surface area contributed by atoms with Crippen LogP contribution in [-0.2, 0) is 14.1 Å². The largest absolute Gasteiger partial charge is 0.332 e. The highest BCUT2D eigenvalue weighted by Crippen LogP contribution is 2.36. The summed E-state index contributed by atoms with van der Waals surface area (Å²) in [5.41, 5.74) is 3.28. The van der Waals surface area contributed by atoms with Gasteiger partial charge in [-0.1, -0.05) is 46.3 Å². The molecule has 5 aromatic rings. The van der Waals surface area contributed by atoms with Gasteiger partial charge in [-0.25, -0.2) is 14.5 Å². The van der Waals surface area contributed by atoms with E-state index in [4.69, 9.17) is 10.1 Å². The molecule has 0 spiro atoms. The molecule has 0 radical (unpaired) electrons. The SMILES string of the molecule is Cc1nn(-c2ccccc2)c2nc3c(c(-c4cccc(Br)c4)c12)c(=O)n(C)c(=O)n3C. The summed E-state index contributed by atoms with van der Waals surface area (Å²) in [4.78, 5) is 30.7. The molecular weight excluding hydrogens is 458 g/mol. The predicted octanol–water partition coefficient (Wildman–Crippen LogP) is 3.71.